The van der Waals surface area contributed by atoms with Crippen LogP contribution in [0.15, 0.2) is 4.79 Å². The van der Waals surface area contributed by atoms with Gasteiger partial charge in [-0.25, -0.2) is 4.98 Å². The van der Waals surface area contributed by atoms with Gasteiger partial charge in [0.15, 0.2) is 0 Å². The highest BCUT2D eigenvalue weighted by molar-refractivity contribution is 5.24. The van der Waals surface area contributed by atoms with Crippen LogP contribution in [-0.4, -0.2) is 9.97 Å². The van der Waals surface area contributed by atoms with E-state index < -0.39 is 0 Å². The number of nitrogen functional groups attached to an aromatic ring is 1. The minimum absolute atomic E-state index is 0.108. The van der Waals surface area contributed by atoms with Crippen molar-refractivity contribution < 1.29 is 0 Å². The van der Waals surface area contributed by atoms with Crippen LogP contribution in [0.3, 0.4) is 0 Å². The van der Waals surface area contributed by atoms with Gasteiger partial charge in [0.2, 0.25) is 5.95 Å². The highest BCUT2D eigenvalue weighted by atomic mass is 16.1. The van der Waals surface area contributed by atoms with Crippen LogP contribution in [0.1, 0.15) is 24.1 Å². The third kappa shape index (κ3) is 1.71. The molecule has 0 unspecified atom stereocenters. The van der Waals surface area contributed by atoms with Crippen molar-refractivity contribution in [2.45, 2.75) is 26.2 Å². The van der Waals surface area contributed by atoms with Crippen molar-refractivity contribution in [1.29, 1.82) is 0 Å². The van der Waals surface area contributed by atoms with E-state index in [0.29, 0.717) is 5.56 Å². The summed E-state index contributed by atoms with van der Waals surface area (Å²) in [4.78, 5) is 17.9. The quantitative estimate of drug-likeness (QED) is 0.698. The fourth-order valence-electron chi connectivity index (χ4n) is 1.39. The van der Waals surface area contributed by atoms with Gasteiger partial charge >= 0.3 is 0 Å². The third-order valence-corrected chi connectivity index (χ3v) is 2.45. The first-order valence-corrected chi connectivity index (χ1v) is 4.52. The van der Waals surface area contributed by atoms with Crippen molar-refractivity contribution in [3.8, 4) is 0 Å². The molecule has 0 aromatic carbocycles. The zero-order chi connectivity index (χ0) is 9.42. The molecule has 0 atom stereocenters. The maximum absolute atomic E-state index is 11.3. The Hall–Kier alpha value is -1.32. The zero-order valence-electron chi connectivity index (χ0n) is 7.63. The molecule has 1 aliphatic carbocycles. The molecule has 4 nitrogen and oxygen atoms in total. The average Bonchev–Trinajstić information content (AvgIpc) is 2.83. The number of aromatic nitrogens is 2. The number of nitrogens with one attached hydrogen (secondary N) is 1. The average molecular weight is 179 g/mol. The SMILES string of the molecule is Cc1c(CC2CC2)nc(N)[nH]c1=O. The van der Waals surface area contributed by atoms with E-state index in [1.165, 1.54) is 12.8 Å². The number of nitrogens with zero attached hydrogens (tertiary/aromatic N) is 1. The second-order valence-corrected chi connectivity index (χ2v) is 3.67. The maximum Gasteiger partial charge on any atom is 0.255 e. The summed E-state index contributed by atoms with van der Waals surface area (Å²) in [5.41, 5.74) is 6.92. The zero-order valence-corrected chi connectivity index (χ0v) is 7.63. The van der Waals surface area contributed by atoms with Crippen molar-refractivity contribution in [2.24, 2.45) is 5.92 Å². The summed E-state index contributed by atoms with van der Waals surface area (Å²) >= 11 is 0. The van der Waals surface area contributed by atoms with Gasteiger partial charge in [-0.2, -0.15) is 0 Å². The Morgan fingerprint density at radius 1 is 1.62 bits per heavy atom. The number of H-pyrrole nitrogens is 1. The normalized spacial score (nSPS) is 16.1. The van der Waals surface area contributed by atoms with Gasteiger partial charge in [-0.05, 0) is 32.1 Å². The van der Waals surface area contributed by atoms with Gasteiger partial charge in [0.25, 0.3) is 5.56 Å². The number of anilines is 1. The molecule has 0 aliphatic heterocycles. The van der Waals surface area contributed by atoms with E-state index in [4.69, 9.17) is 5.73 Å². The first kappa shape index (κ1) is 8.29. The summed E-state index contributed by atoms with van der Waals surface area (Å²) in [7, 11) is 0. The predicted octanol–water partition coefficient (Wildman–Crippen LogP) is 0.613. The molecule has 1 heterocycles. The van der Waals surface area contributed by atoms with E-state index in [0.717, 1.165) is 18.0 Å². The molecule has 0 amide bonds. The molecule has 13 heavy (non-hydrogen) atoms. The summed E-state index contributed by atoms with van der Waals surface area (Å²) in [6.45, 7) is 1.79. The Morgan fingerprint density at radius 3 is 2.92 bits per heavy atom. The molecule has 0 radical (unpaired) electrons. The lowest BCUT2D eigenvalue weighted by atomic mass is 10.1. The molecule has 1 saturated carbocycles. The predicted molar refractivity (Wildman–Crippen MR) is 50.4 cm³/mol. The number of rotatable bonds is 2. The number of aromatic amines is 1. The Morgan fingerprint density at radius 2 is 2.31 bits per heavy atom. The largest absolute Gasteiger partial charge is 0.369 e. The van der Waals surface area contributed by atoms with Crippen LogP contribution in [0.2, 0.25) is 0 Å². The standard InChI is InChI=1S/C9H13N3O/c1-5-7(4-6-2-3-6)11-9(10)12-8(5)13/h6H,2-4H2,1H3,(H3,10,11,12,13). The van der Waals surface area contributed by atoms with Gasteiger partial charge in [-0.15, -0.1) is 0 Å². The molecular weight excluding hydrogens is 166 g/mol. The molecule has 0 bridgehead atoms. The molecule has 1 aliphatic rings. The molecule has 1 aromatic rings. The topological polar surface area (TPSA) is 71.8 Å². The Kier molecular flexibility index (Phi) is 1.83. The first-order valence-electron chi connectivity index (χ1n) is 4.52. The molecule has 1 aromatic heterocycles. The summed E-state index contributed by atoms with van der Waals surface area (Å²) in [6, 6.07) is 0. The van der Waals surface area contributed by atoms with Crippen LogP contribution in [0.25, 0.3) is 0 Å². The minimum Gasteiger partial charge on any atom is -0.369 e. The van der Waals surface area contributed by atoms with Crippen LogP contribution < -0.4 is 11.3 Å². The van der Waals surface area contributed by atoms with Crippen LogP contribution in [0, 0.1) is 12.8 Å². The monoisotopic (exact) mass is 179 g/mol. The highest BCUT2D eigenvalue weighted by Crippen LogP contribution is 2.32. The molecular formula is C9H13N3O. The van der Waals surface area contributed by atoms with Crippen LogP contribution in [0.5, 0.6) is 0 Å². The summed E-state index contributed by atoms with van der Waals surface area (Å²) in [5.74, 6) is 0.957. The fourth-order valence-corrected chi connectivity index (χ4v) is 1.39. The van der Waals surface area contributed by atoms with Gasteiger partial charge in [0.05, 0.1) is 5.69 Å². The summed E-state index contributed by atoms with van der Waals surface area (Å²) < 4.78 is 0. The lowest BCUT2D eigenvalue weighted by molar-refractivity contribution is 0.788. The first-order chi connectivity index (χ1) is 6.16. The Bertz CT molecular complexity index is 379. The molecule has 2 rings (SSSR count). The Labute approximate surface area is 76.2 Å². The maximum atomic E-state index is 11.3. The number of hydrogen-bond donors (Lipinski definition) is 2. The molecule has 0 saturated heterocycles. The van der Waals surface area contributed by atoms with E-state index in [1.807, 2.05) is 0 Å². The van der Waals surface area contributed by atoms with E-state index in [2.05, 4.69) is 9.97 Å². The van der Waals surface area contributed by atoms with Gasteiger partial charge in [-0.3, -0.25) is 9.78 Å². The third-order valence-electron chi connectivity index (χ3n) is 2.45. The number of hydrogen-bond acceptors (Lipinski definition) is 3. The van der Waals surface area contributed by atoms with Gasteiger partial charge in [0.1, 0.15) is 0 Å². The lowest BCUT2D eigenvalue weighted by Gasteiger charge is -2.03. The molecule has 4 heteroatoms. The Balaban J connectivity index is 2.36. The van der Waals surface area contributed by atoms with E-state index >= 15 is 0 Å². The van der Waals surface area contributed by atoms with Crippen molar-refractivity contribution in [2.75, 3.05) is 5.73 Å². The van der Waals surface area contributed by atoms with Crippen LogP contribution in [0.4, 0.5) is 5.95 Å². The fraction of sp³-hybridized carbons (Fsp3) is 0.556. The lowest BCUT2D eigenvalue weighted by Crippen LogP contribution is -2.17. The second kappa shape index (κ2) is 2.87. The molecule has 3 N–H and O–H groups in total. The summed E-state index contributed by atoms with van der Waals surface area (Å²) in [6.07, 6.45) is 3.42. The van der Waals surface area contributed by atoms with Crippen molar-refractivity contribution in [3.05, 3.63) is 21.6 Å². The van der Waals surface area contributed by atoms with E-state index in [9.17, 15) is 4.79 Å². The van der Waals surface area contributed by atoms with Crippen molar-refractivity contribution in [1.82, 2.24) is 9.97 Å². The van der Waals surface area contributed by atoms with E-state index in [-0.39, 0.29) is 11.5 Å². The second-order valence-electron chi connectivity index (χ2n) is 3.67. The van der Waals surface area contributed by atoms with E-state index in [1.54, 1.807) is 6.92 Å². The van der Waals surface area contributed by atoms with Crippen molar-refractivity contribution in [3.63, 3.8) is 0 Å². The molecule has 0 spiro atoms. The van der Waals surface area contributed by atoms with Gasteiger partial charge in [0, 0.05) is 5.56 Å². The highest BCUT2D eigenvalue weighted by Gasteiger charge is 2.23. The van der Waals surface area contributed by atoms with Gasteiger partial charge in [-0.1, -0.05) is 0 Å². The van der Waals surface area contributed by atoms with Crippen molar-refractivity contribution >= 4 is 5.95 Å². The van der Waals surface area contributed by atoms with Crippen LogP contribution >= 0.6 is 0 Å². The molecule has 70 valence electrons. The smallest absolute Gasteiger partial charge is 0.255 e. The minimum atomic E-state index is -0.108. The molecule has 1 fully saturated rings. The number of nitrogens with two attached hydrogens (primary N) is 1. The van der Waals surface area contributed by atoms with Gasteiger partial charge < -0.3 is 5.73 Å². The van der Waals surface area contributed by atoms with Crippen LogP contribution in [-0.2, 0) is 6.42 Å². The summed E-state index contributed by atoms with van der Waals surface area (Å²) in [5, 5.41) is 0.